The average molecular weight is 951 g/mol. The second-order valence-electron chi connectivity index (χ2n) is 18.9. The summed E-state index contributed by atoms with van der Waals surface area (Å²) in [5, 5.41) is 20.0. The van der Waals surface area contributed by atoms with Gasteiger partial charge in [-0.25, -0.2) is 0 Å². The molecule has 75 heavy (non-hydrogen) atoms. The van der Waals surface area contributed by atoms with Crippen LogP contribution in [-0.2, 0) is 17.4 Å². The van der Waals surface area contributed by atoms with E-state index in [2.05, 4.69) is 157 Å². The highest BCUT2D eigenvalue weighted by atomic mass is 15.3. The summed E-state index contributed by atoms with van der Waals surface area (Å²) >= 11 is 0. The van der Waals surface area contributed by atoms with Gasteiger partial charge in [-0.15, -0.1) is 12.8 Å². The van der Waals surface area contributed by atoms with Gasteiger partial charge in [-0.1, -0.05) is 108 Å². The van der Waals surface area contributed by atoms with Gasteiger partial charge in [-0.3, -0.25) is 0 Å². The van der Waals surface area contributed by atoms with Crippen molar-refractivity contribution in [2.24, 2.45) is 0 Å². The molecule has 4 nitrogen and oxygen atoms in total. The van der Waals surface area contributed by atoms with E-state index in [1.165, 1.54) is 11.1 Å². The lowest BCUT2D eigenvalue weighted by atomic mass is 9.55. The molecule has 1 unspecified atom stereocenters. The summed E-state index contributed by atoms with van der Waals surface area (Å²) in [7, 11) is 0. The highest BCUT2D eigenvalue weighted by Crippen LogP contribution is 2.72. The van der Waals surface area contributed by atoms with E-state index >= 15 is 0 Å². The lowest BCUT2D eigenvalue weighted by Crippen LogP contribution is -2.59. The summed E-state index contributed by atoms with van der Waals surface area (Å²) in [6.07, 6.45) is 11.9. The summed E-state index contributed by atoms with van der Waals surface area (Å²) in [6.45, 7) is 4.91. The number of hydrogen-bond acceptors (Lipinski definition) is 4. The highest BCUT2D eigenvalue weighted by Gasteiger charge is 2.70. The van der Waals surface area contributed by atoms with Crippen molar-refractivity contribution in [2.45, 2.75) is 31.2 Å². The van der Waals surface area contributed by atoms with Gasteiger partial charge in [0.1, 0.15) is 5.54 Å². The van der Waals surface area contributed by atoms with E-state index in [4.69, 9.17) is 23.0 Å². The Kier molecular flexibility index (Phi) is 11.3. The molecule has 8 aromatic carbocycles. The zero-order valence-corrected chi connectivity index (χ0v) is 41.2. The van der Waals surface area contributed by atoms with E-state index < -0.39 is 11.0 Å². The Morgan fingerprint density at radius 2 is 0.827 bits per heavy atom. The number of benzene rings is 8. The van der Waals surface area contributed by atoms with Crippen molar-refractivity contribution in [3.63, 3.8) is 0 Å². The number of hydrogen-bond donors (Lipinski definition) is 0. The number of aromatic nitrogens is 2. The molecule has 1 aliphatic carbocycles. The van der Waals surface area contributed by atoms with Crippen molar-refractivity contribution < 1.29 is 0 Å². The summed E-state index contributed by atoms with van der Waals surface area (Å²) in [5.74, 6) is 32.5. The molecule has 4 heteroatoms. The monoisotopic (exact) mass is 950 g/mol. The van der Waals surface area contributed by atoms with E-state index in [1.807, 2.05) is 109 Å². The van der Waals surface area contributed by atoms with Crippen LogP contribution in [0, 0.1) is 97.2 Å². The second-order valence-corrected chi connectivity index (χ2v) is 18.9. The van der Waals surface area contributed by atoms with E-state index in [0.717, 1.165) is 119 Å². The van der Waals surface area contributed by atoms with Crippen LogP contribution in [0.25, 0.3) is 11.1 Å². The fourth-order valence-corrected chi connectivity index (χ4v) is 11.5. The Hall–Kier alpha value is -10.5. The number of rotatable bonds is 1. The Morgan fingerprint density at radius 1 is 0.440 bits per heavy atom. The molecule has 0 fully saturated rings. The number of fused-ring (bicyclic) bond motifs is 12. The summed E-state index contributed by atoms with van der Waals surface area (Å²) in [6, 6.07) is 64.3. The van der Waals surface area contributed by atoms with Gasteiger partial charge in [0.25, 0.3) is 0 Å². The molecule has 2 aliphatic heterocycles. The third kappa shape index (κ3) is 7.62. The van der Waals surface area contributed by atoms with Crippen LogP contribution in [0.4, 0.5) is 5.69 Å². The van der Waals surface area contributed by atoms with Crippen molar-refractivity contribution in [1.82, 2.24) is 10.2 Å². The minimum atomic E-state index is -0.902. The molecule has 0 N–H and O–H groups in total. The van der Waals surface area contributed by atoms with Crippen molar-refractivity contribution in [1.29, 1.82) is 5.26 Å². The van der Waals surface area contributed by atoms with Gasteiger partial charge in [0.2, 0.25) is 0 Å². The Morgan fingerprint density at radius 3 is 1.27 bits per heavy atom. The molecule has 3 aliphatic rings. The minimum Gasteiger partial charge on any atom is -0.354 e. The zero-order chi connectivity index (χ0) is 51.1. The van der Waals surface area contributed by atoms with Gasteiger partial charge < -0.3 is 4.90 Å². The van der Waals surface area contributed by atoms with Gasteiger partial charge in [-0.05, 0) is 193 Å². The van der Waals surface area contributed by atoms with Crippen LogP contribution in [0.2, 0.25) is 0 Å². The van der Waals surface area contributed by atoms with Gasteiger partial charge >= 0.3 is 0 Å². The molecule has 1 atom stereocenters. The molecule has 1 spiro atoms. The number of aryl methyl sites for hydroxylation is 2. The molecule has 12 rings (SSSR count). The number of nitriles is 1. The Bertz CT molecular complexity index is 4040. The third-order valence-electron chi connectivity index (χ3n) is 14.7. The molecule has 0 saturated heterocycles. The van der Waals surface area contributed by atoms with Crippen LogP contribution in [0.5, 0.6) is 0 Å². The second kappa shape index (κ2) is 18.6. The quantitative estimate of drug-likeness (QED) is 0.154. The fourth-order valence-electron chi connectivity index (χ4n) is 11.5. The molecule has 9 aromatic rings. The van der Waals surface area contributed by atoms with Crippen LogP contribution in [-0.4, -0.2) is 16.7 Å². The molecule has 1 aromatic heterocycles. The van der Waals surface area contributed by atoms with Gasteiger partial charge in [0, 0.05) is 67.7 Å². The zero-order valence-electron chi connectivity index (χ0n) is 41.2. The van der Waals surface area contributed by atoms with Crippen LogP contribution in [0.15, 0.2) is 182 Å². The summed E-state index contributed by atoms with van der Waals surface area (Å²) in [4.78, 5) is 2.60. The first-order chi connectivity index (χ1) is 36.8. The average Bonchev–Trinajstić information content (AvgIpc) is 4.16. The fraction of sp³-hybridized carbons (Fsp3) is 0.0845. The first kappa shape index (κ1) is 45.6. The van der Waals surface area contributed by atoms with Gasteiger partial charge in [0.15, 0.2) is 0 Å². The number of nitrogens with zero attached hydrogens (tertiary/aromatic N) is 4. The van der Waals surface area contributed by atoms with Crippen molar-refractivity contribution in [3.8, 4) is 89.2 Å². The van der Waals surface area contributed by atoms with E-state index in [0.29, 0.717) is 5.56 Å². The SMILES string of the molecule is C#Cc1ccc(C#Cc2ccc(C#Cc3ccc4c(c3)C3(c5cc(C#Cc6ccc(C#Cc7ccc(C#C)cc7)cc6)ccc5-4)c4c(C)nnc(C)c4N4CCc5ccccc5C43c3ccc(C#N)cc3)cc2)cc1. The first-order valence-corrected chi connectivity index (χ1v) is 24.7. The maximum Gasteiger partial charge on any atom is 0.109 e. The molecule has 0 saturated carbocycles. The van der Waals surface area contributed by atoms with Crippen LogP contribution in [0.1, 0.15) is 106 Å². The predicted octanol–water partition coefficient (Wildman–Crippen LogP) is 12.2. The van der Waals surface area contributed by atoms with E-state index in [9.17, 15) is 5.26 Å². The minimum absolute atomic E-state index is 0.597. The number of terminal acetylenes is 2. The summed E-state index contributed by atoms with van der Waals surface area (Å²) in [5.41, 5.74) is 19.5. The predicted molar refractivity (Wildman–Crippen MR) is 298 cm³/mol. The largest absolute Gasteiger partial charge is 0.354 e. The lowest BCUT2D eigenvalue weighted by molar-refractivity contribution is 0.358. The Balaban J connectivity index is 1.03. The molecular formula is C71H42N4. The van der Waals surface area contributed by atoms with Crippen LogP contribution >= 0.6 is 0 Å². The number of anilines is 1. The molecule has 346 valence electrons. The maximum atomic E-state index is 10.2. The van der Waals surface area contributed by atoms with Crippen molar-refractivity contribution in [2.75, 3.05) is 11.4 Å². The summed E-state index contributed by atoms with van der Waals surface area (Å²) < 4.78 is 0. The normalized spacial score (nSPS) is 14.4. The highest BCUT2D eigenvalue weighted by molar-refractivity contribution is 5.94. The van der Waals surface area contributed by atoms with E-state index in [-0.39, 0.29) is 0 Å². The van der Waals surface area contributed by atoms with E-state index in [1.54, 1.807) is 0 Å². The molecule has 0 bridgehead atoms. The Labute approximate surface area is 438 Å². The van der Waals surface area contributed by atoms with Gasteiger partial charge in [0.05, 0.1) is 34.1 Å². The standard InChI is InChI=1S/C71H42N4/c1-5-50-11-15-52(16-12-50)19-21-54-23-27-56(28-24-54)31-33-58-37-41-63-64-42-38-59(34-32-57-29-25-55(26-30-57)22-20-53-17-13-51(6-2)14-18-53)46-67(64)70(66(63)45-58)68-48(3)73-74-49(4)69(68)75-44-43-61-9-7-8-10-65(61)71(70,75)62-39-35-60(47-72)36-40-62/h1-2,7-18,23-30,35-42,45-46H,43-44H2,3-4H3. The maximum absolute atomic E-state index is 10.2. The lowest BCUT2D eigenvalue weighted by Gasteiger charge is -2.54. The van der Waals surface area contributed by atoms with Crippen LogP contribution in [0.3, 0.4) is 0 Å². The smallest absolute Gasteiger partial charge is 0.109 e. The molecule has 0 radical (unpaired) electrons. The third-order valence-corrected chi connectivity index (χ3v) is 14.7. The van der Waals surface area contributed by atoms with Crippen molar-refractivity contribution >= 4 is 5.69 Å². The van der Waals surface area contributed by atoms with Gasteiger partial charge in [-0.2, -0.15) is 15.5 Å². The molecular weight excluding hydrogens is 909 g/mol. The van der Waals surface area contributed by atoms with Crippen LogP contribution < -0.4 is 4.90 Å². The molecule has 0 amide bonds. The first-order valence-electron chi connectivity index (χ1n) is 24.7. The molecule has 3 heterocycles. The van der Waals surface area contributed by atoms with Crippen molar-refractivity contribution in [3.05, 3.63) is 288 Å². The topological polar surface area (TPSA) is 52.8 Å².